The number of nitrogens with two attached hydrogens (primary N) is 1. The van der Waals surface area contributed by atoms with Crippen molar-refractivity contribution in [1.29, 1.82) is 0 Å². The van der Waals surface area contributed by atoms with Gasteiger partial charge in [0.2, 0.25) is 5.91 Å². The van der Waals surface area contributed by atoms with E-state index in [0.29, 0.717) is 0 Å². The van der Waals surface area contributed by atoms with Crippen LogP contribution in [0.2, 0.25) is 0 Å². The lowest BCUT2D eigenvalue weighted by Gasteiger charge is -2.03. The number of primary amides is 1. The molecular weight excluding hydrogens is 326 g/mol. The first-order chi connectivity index (χ1) is 11.3. The number of hydrogen-bond donors (Lipinski definition) is 4. The Kier molecular flexibility index (Phi) is 4.59. The Bertz CT molecular complexity index is 829. The minimum absolute atomic E-state index is 0. The lowest BCUT2D eigenvalue weighted by Crippen LogP contribution is -2.25. The van der Waals surface area contributed by atoms with Crippen LogP contribution in [0.15, 0.2) is 43.0 Å². The maximum Gasteiger partial charge on any atom is 0.222 e. The average molecular weight is 346 g/mol. The Morgan fingerprint density at radius 1 is 1.29 bits per heavy atom. The highest BCUT2D eigenvalue weighted by atomic mass is 35.5. The van der Waals surface area contributed by atoms with Crippen molar-refractivity contribution in [2.45, 2.75) is 18.4 Å². The lowest BCUT2D eigenvalue weighted by molar-refractivity contribution is -0.119. The van der Waals surface area contributed by atoms with Gasteiger partial charge in [-0.2, -0.15) is 0 Å². The molecule has 6 nitrogen and oxygen atoms in total. The number of nitrogens with zero attached hydrogens (tertiary/aromatic N) is 1. The van der Waals surface area contributed by atoms with E-state index in [1.807, 2.05) is 18.3 Å². The number of amides is 1. The van der Waals surface area contributed by atoms with E-state index in [1.54, 1.807) is 6.33 Å². The van der Waals surface area contributed by atoms with Gasteiger partial charge in [-0.05, 0) is 24.6 Å². The molecule has 4 rings (SSSR count). The lowest BCUT2D eigenvalue weighted by atomic mass is 10.1. The number of halogens is 1. The highest BCUT2D eigenvalue weighted by Crippen LogP contribution is 2.46. The van der Waals surface area contributed by atoms with E-state index in [4.69, 9.17) is 5.73 Å². The molecule has 126 valence electrons. The highest BCUT2D eigenvalue weighted by Gasteiger charge is 2.55. The first kappa shape index (κ1) is 16.5. The summed E-state index contributed by atoms with van der Waals surface area (Å²) in [5, 5.41) is 4.71. The highest BCUT2D eigenvalue weighted by molar-refractivity contribution is 5.85. The molecule has 3 atom stereocenters. The van der Waals surface area contributed by atoms with Crippen molar-refractivity contribution >= 4 is 29.2 Å². The van der Waals surface area contributed by atoms with Crippen molar-refractivity contribution in [2.24, 2.45) is 11.7 Å². The van der Waals surface area contributed by atoms with Gasteiger partial charge < -0.3 is 21.0 Å². The standard InChI is InChI=1S/C17H19N5O.ClH/c18-17(23)15-14(13-8-19-9-22-13)16(15)20-6-5-10-7-21-12-4-2-1-3-11(10)12;/h1-4,7-9,14-16,20-21H,5-6H2,(H2,18,23)(H,19,22);1H/t14-,15-,16?;/m1./s1. The van der Waals surface area contributed by atoms with Gasteiger partial charge in [-0.1, -0.05) is 18.2 Å². The molecule has 1 unspecified atom stereocenters. The molecule has 2 aromatic heterocycles. The summed E-state index contributed by atoms with van der Waals surface area (Å²) < 4.78 is 0. The molecule has 1 amide bonds. The van der Waals surface area contributed by atoms with Gasteiger partial charge in [-0.25, -0.2) is 4.98 Å². The van der Waals surface area contributed by atoms with Crippen LogP contribution < -0.4 is 11.1 Å². The van der Waals surface area contributed by atoms with Crippen LogP contribution in [0.3, 0.4) is 0 Å². The number of aromatic nitrogens is 3. The molecule has 0 radical (unpaired) electrons. The summed E-state index contributed by atoms with van der Waals surface area (Å²) in [6, 6.07) is 8.35. The number of carbonyl (C=O) groups is 1. The monoisotopic (exact) mass is 345 g/mol. The zero-order valence-corrected chi connectivity index (χ0v) is 13.8. The second-order valence-electron chi connectivity index (χ2n) is 6.04. The minimum atomic E-state index is -0.261. The second kappa shape index (κ2) is 6.67. The molecule has 0 saturated heterocycles. The number of carbonyl (C=O) groups excluding carboxylic acids is 1. The maximum atomic E-state index is 11.6. The van der Waals surface area contributed by atoms with Gasteiger partial charge in [0.25, 0.3) is 0 Å². The van der Waals surface area contributed by atoms with Crippen molar-refractivity contribution in [3.05, 3.63) is 54.2 Å². The van der Waals surface area contributed by atoms with Crippen LogP contribution in [0.5, 0.6) is 0 Å². The second-order valence-corrected chi connectivity index (χ2v) is 6.04. The van der Waals surface area contributed by atoms with Crippen molar-refractivity contribution in [1.82, 2.24) is 20.3 Å². The summed E-state index contributed by atoms with van der Waals surface area (Å²) in [5.74, 6) is -0.342. The van der Waals surface area contributed by atoms with E-state index >= 15 is 0 Å². The topological polar surface area (TPSA) is 99.6 Å². The SMILES string of the molecule is Cl.NC(=O)[C@H]1C(NCCc2c[nH]c3ccccc23)[C@@H]1c1c[nH]cn1. The molecule has 0 spiro atoms. The van der Waals surface area contributed by atoms with Crippen LogP contribution in [0.1, 0.15) is 17.2 Å². The van der Waals surface area contributed by atoms with E-state index in [1.165, 1.54) is 10.9 Å². The summed E-state index contributed by atoms with van der Waals surface area (Å²) in [7, 11) is 0. The summed E-state index contributed by atoms with van der Waals surface area (Å²) in [6.07, 6.45) is 6.42. The summed E-state index contributed by atoms with van der Waals surface area (Å²) >= 11 is 0. The average Bonchev–Trinajstić information content (AvgIpc) is 2.91. The third-order valence-electron chi connectivity index (χ3n) is 4.66. The van der Waals surface area contributed by atoms with Gasteiger partial charge in [-0.3, -0.25) is 4.79 Å². The van der Waals surface area contributed by atoms with Crippen molar-refractivity contribution < 1.29 is 4.79 Å². The summed E-state index contributed by atoms with van der Waals surface area (Å²) in [6.45, 7) is 0.803. The van der Waals surface area contributed by atoms with Gasteiger partial charge in [0.05, 0.1) is 17.9 Å². The van der Waals surface area contributed by atoms with Gasteiger partial charge in [0, 0.05) is 35.3 Å². The fraction of sp³-hybridized carbons (Fsp3) is 0.294. The van der Waals surface area contributed by atoms with Crippen molar-refractivity contribution in [2.75, 3.05) is 6.54 Å². The molecule has 1 aliphatic carbocycles. The Morgan fingerprint density at radius 2 is 2.12 bits per heavy atom. The molecule has 1 aliphatic rings. The number of rotatable bonds is 6. The third-order valence-corrected chi connectivity index (χ3v) is 4.66. The predicted molar refractivity (Wildman–Crippen MR) is 95.1 cm³/mol. The number of para-hydroxylation sites is 1. The fourth-order valence-electron chi connectivity index (χ4n) is 3.45. The summed E-state index contributed by atoms with van der Waals surface area (Å²) in [5.41, 5.74) is 8.83. The van der Waals surface area contributed by atoms with Crippen LogP contribution in [-0.4, -0.2) is 33.4 Å². The maximum absolute atomic E-state index is 11.6. The minimum Gasteiger partial charge on any atom is -0.369 e. The first-order valence-corrected chi connectivity index (χ1v) is 7.82. The number of fused-ring (bicyclic) bond motifs is 1. The smallest absolute Gasteiger partial charge is 0.222 e. The Morgan fingerprint density at radius 3 is 2.88 bits per heavy atom. The van der Waals surface area contributed by atoms with Crippen molar-refractivity contribution in [3.8, 4) is 0 Å². The van der Waals surface area contributed by atoms with E-state index in [0.717, 1.165) is 24.2 Å². The van der Waals surface area contributed by atoms with E-state index in [-0.39, 0.29) is 36.2 Å². The zero-order valence-electron chi connectivity index (χ0n) is 13.0. The number of nitrogens with one attached hydrogen (secondary N) is 3. The van der Waals surface area contributed by atoms with Crippen LogP contribution in [0, 0.1) is 5.92 Å². The van der Waals surface area contributed by atoms with Gasteiger partial charge in [0.15, 0.2) is 0 Å². The van der Waals surface area contributed by atoms with Crippen LogP contribution in [0.4, 0.5) is 0 Å². The summed E-state index contributed by atoms with van der Waals surface area (Å²) in [4.78, 5) is 22.1. The molecule has 5 N–H and O–H groups in total. The molecule has 7 heteroatoms. The predicted octanol–water partition coefficient (Wildman–Crippen LogP) is 1.71. The van der Waals surface area contributed by atoms with Crippen LogP contribution in [0.25, 0.3) is 10.9 Å². The first-order valence-electron chi connectivity index (χ1n) is 7.82. The fourth-order valence-corrected chi connectivity index (χ4v) is 3.45. The molecule has 1 fully saturated rings. The zero-order chi connectivity index (χ0) is 15.8. The Balaban J connectivity index is 0.00000169. The third kappa shape index (κ3) is 2.90. The van der Waals surface area contributed by atoms with Crippen LogP contribution in [-0.2, 0) is 11.2 Å². The molecule has 2 heterocycles. The number of benzene rings is 1. The van der Waals surface area contributed by atoms with Gasteiger partial charge in [0.1, 0.15) is 0 Å². The Hall–Kier alpha value is -2.31. The van der Waals surface area contributed by atoms with E-state index in [9.17, 15) is 4.79 Å². The molecule has 1 aromatic carbocycles. The number of hydrogen-bond acceptors (Lipinski definition) is 3. The largest absolute Gasteiger partial charge is 0.369 e. The van der Waals surface area contributed by atoms with Crippen LogP contribution >= 0.6 is 12.4 Å². The molecule has 1 saturated carbocycles. The molecular formula is C17H20ClN5O. The Labute approximate surface area is 145 Å². The van der Waals surface area contributed by atoms with Crippen molar-refractivity contribution in [3.63, 3.8) is 0 Å². The number of imidazole rings is 1. The molecule has 24 heavy (non-hydrogen) atoms. The van der Waals surface area contributed by atoms with Gasteiger partial charge >= 0.3 is 0 Å². The molecule has 3 aromatic rings. The molecule has 0 aliphatic heterocycles. The normalized spacial score (nSPS) is 22.2. The van der Waals surface area contributed by atoms with E-state index in [2.05, 4.69) is 38.6 Å². The van der Waals surface area contributed by atoms with Gasteiger partial charge in [-0.15, -0.1) is 12.4 Å². The molecule has 0 bridgehead atoms. The number of aromatic amines is 2. The van der Waals surface area contributed by atoms with E-state index < -0.39 is 0 Å². The quantitative estimate of drug-likeness (QED) is 0.547. The number of H-pyrrole nitrogens is 2.